The number of hydrogen-bond acceptors (Lipinski definition) is 8. The van der Waals surface area contributed by atoms with Gasteiger partial charge in [0.2, 0.25) is 0 Å². The van der Waals surface area contributed by atoms with Crippen molar-refractivity contribution < 1.29 is 9.59 Å². The minimum absolute atomic E-state index is 0.159. The summed E-state index contributed by atoms with van der Waals surface area (Å²) >= 11 is 5.18. The fourth-order valence-electron chi connectivity index (χ4n) is 1.78. The summed E-state index contributed by atoms with van der Waals surface area (Å²) in [6.45, 7) is 0.264. The average molecular weight is 312 g/mol. The van der Waals surface area contributed by atoms with Crippen molar-refractivity contribution in [3.63, 3.8) is 0 Å². The van der Waals surface area contributed by atoms with Crippen molar-refractivity contribution in [1.82, 2.24) is 15.6 Å². The van der Waals surface area contributed by atoms with Crippen LogP contribution >= 0.6 is 24.0 Å². The number of nitrogens with one attached hydrogen (secondary N) is 3. The Morgan fingerprint density at radius 1 is 1.70 bits per heavy atom. The van der Waals surface area contributed by atoms with Crippen LogP contribution in [0.2, 0.25) is 0 Å². The first kappa shape index (κ1) is 14.9. The third-order valence-corrected chi connectivity index (χ3v) is 3.95. The number of rotatable bonds is 5. The molecular weight excluding hydrogens is 299 g/mol. The molecule has 1 aliphatic heterocycles. The van der Waals surface area contributed by atoms with Crippen LogP contribution in [0.4, 0.5) is 5.13 Å². The molecule has 8 nitrogen and oxygen atoms in total. The monoisotopic (exact) mass is 312 g/mol. The van der Waals surface area contributed by atoms with E-state index in [0.717, 1.165) is 0 Å². The van der Waals surface area contributed by atoms with Crippen LogP contribution in [0.5, 0.6) is 0 Å². The molecule has 0 bridgehead atoms. The number of aliphatic imine (C=N–C) groups is 1. The van der Waals surface area contributed by atoms with Gasteiger partial charge < -0.3 is 0 Å². The molecule has 1 aromatic heterocycles. The van der Waals surface area contributed by atoms with Gasteiger partial charge in [-0.25, -0.2) is 0 Å². The van der Waals surface area contributed by atoms with Crippen molar-refractivity contribution in [2.45, 2.75) is 12.1 Å². The van der Waals surface area contributed by atoms with E-state index in [-0.39, 0.29) is 24.2 Å². The number of aromatic nitrogens is 1. The van der Waals surface area contributed by atoms with E-state index in [1.807, 2.05) is 0 Å². The van der Waals surface area contributed by atoms with Crippen molar-refractivity contribution in [3.05, 3.63) is 5.59 Å². The molecule has 20 heavy (non-hydrogen) atoms. The second-order valence-electron chi connectivity index (χ2n) is 4.02. The normalized spacial score (nSPS) is 21.8. The molecule has 2 rings (SSSR count). The quantitative estimate of drug-likeness (QED) is 0.247. The Hall–Kier alpha value is -1.46. The minimum atomic E-state index is -0.620. The molecular formula is C9H13BN6O2S2. The number of nitrogens with two attached hydrogens (primary N) is 1. The molecule has 5 N–H and O–H groups in total. The number of amides is 2. The molecule has 2 atom stereocenters. The third-order valence-electron chi connectivity index (χ3n) is 2.83. The molecule has 2 heterocycles. The van der Waals surface area contributed by atoms with Crippen molar-refractivity contribution in [3.8, 4) is 0 Å². The van der Waals surface area contributed by atoms with E-state index < -0.39 is 11.9 Å². The third kappa shape index (κ3) is 2.84. The Bertz CT molecular complexity index is 562. The first-order valence-corrected chi connectivity index (χ1v) is 7.07. The van der Waals surface area contributed by atoms with Crippen molar-refractivity contribution >= 4 is 52.8 Å². The Balaban J connectivity index is 2.08. The van der Waals surface area contributed by atoms with Crippen LogP contribution in [0, 0.1) is 0 Å². The molecule has 1 aromatic rings. The molecule has 0 radical (unpaired) electrons. The summed E-state index contributed by atoms with van der Waals surface area (Å²) in [5.74, 6) is -0.706. The van der Waals surface area contributed by atoms with E-state index in [9.17, 15) is 9.59 Å². The molecule has 0 saturated carbocycles. The molecule has 1 saturated heterocycles. The molecule has 106 valence electrons. The second-order valence-corrected chi connectivity index (χ2v) is 5.11. The Labute approximate surface area is 125 Å². The van der Waals surface area contributed by atoms with Crippen molar-refractivity contribution in [1.29, 1.82) is 0 Å². The fraction of sp³-hybridized carbons (Fsp3) is 0.444. The number of hydrogen-bond donors (Lipinski definition) is 5. The Morgan fingerprint density at radius 3 is 2.95 bits per heavy atom. The van der Waals surface area contributed by atoms with Gasteiger partial charge in [-0.1, -0.05) is 0 Å². The summed E-state index contributed by atoms with van der Waals surface area (Å²) in [4.78, 5) is 31.6. The topological polar surface area (TPSA) is 122 Å². The number of nitrogens with zero attached hydrogens (tertiary/aromatic N) is 2. The first-order chi connectivity index (χ1) is 9.60. The molecule has 0 spiro atoms. The van der Waals surface area contributed by atoms with Gasteiger partial charge in [0, 0.05) is 0 Å². The number of β-lactam (4-membered cyclic amide) rings is 1. The summed E-state index contributed by atoms with van der Waals surface area (Å²) in [7, 11) is 1.49. The van der Waals surface area contributed by atoms with Gasteiger partial charge in [0.05, 0.1) is 0 Å². The summed E-state index contributed by atoms with van der Waals surface area (Å²) < 4.78 is 2.59. The number of carbonyl (C=O) groups is 2. The first-order valence-electron chi connectivity index (χ1n) is 5.74. The van der Waals surface area contributed by atoms with E-state index in [1.165, 1.54) is 18.2 Å². The van der Waals surface area contributed by atoms with Crippen LogP contribution in [0.15, 0.2) is 4.99 Å². The maximum atomic E-state index is 12.1. The average Bonchev–Trinajstić information content (AvgIpc) is 2.91. The standard InChI is InChI=1S/C9H13BN6O2S2/c1-12-5(6-10-20-9(15-6)16-19)8(18)14-4-3(2-11)13-7(4)17/h3-4,19H,2,11H2,1H3,(H,13,17)(H,14,18)(H,15,16). The molecule has 2 amide bonds. The predicted molar refractivity (Wildman–Crippen MR) is 81.4 cm³/mol. The van der Waals surface area contributed by atoms with Gasteiger partial charge >= 0.3 is 125 Å². The van der Waals surface area contributed by atoms with Crippen LogP contribution in [0.25, 0.3) is 0 Å². The fourth-order valence-corrected chi connectivity index (χ4v) is 2.58. The predicted octanol–water partition coefficient (Wildman–Crippen LogP) is -1.90. The molecule has 0 aromatic carbocycles. The van der Waals surface area contributed by atoms with Gasteiger partial charge in [-0.15, -0.1) is 0 Å². The van der Waals surface area contributed by atoms with Crippen LogP contribution in [0.1, 0.15) is 5.59 Å². The van der Waals surface area contributed by atoms with Crippen LogP contribution in [0.3, 0.4) is 0 Å². The number of carbonyl (C=O) groups excluding carboxylic acids is 2. The van der Waals surface area contributed by atoms with Crippen molar-refractivity contribution in [2.75, 3.05) is 18.3 Å². The summed E-state index contributed by atoms with van der Waals surface area (Å²) in [6.07, 6.45) is 1.68. The molecule has 0 aliphatic carbocycles. The molecule has 1 aliphatic rings. The van der Waals surface area contributed by atoms with Crippen molar-refractivity contribution in [2.24, 2.45) is 10.7 Å². The number of thiol groups is 1. The van der Waals surface area contributed by atoms with Gasteiger partial charge in [0.1, 0.15) is 0 Å². The maximum absolute atomic E-state index is 12.1. The van der Waals surface area contributed by atoms with E-state index >= 15 is 0 Å². The molecule has 11 heteroatoms. The summed E-state index contributed by atoms with van der Waals surface area (Å²) in [5.41, 5.74) is 6.06. The van der Waals surface area contributed by atoms with Gasteiger partial charge in [-0.3, -0.25) is 0 Å². The van der Waals surface area contributed by atoms with Gasteiger partial charge in [-0.2, -0.15) is 0 Å². The second kappa shape index (κ2) is 6.33. The van der Waals surface area contributed by atoms with Crippen LogP contribution < -0.4 is 21.1 Å². The zero-order valence-electron chi connectivity index (χ0n) is 10.6. The Kier molecular flexibility index (Phi) is 4.73. The summed E-state index contributed by atoms with van der Waals surface area (Å²) in [5, 5.41) is 5.77. The van der Waals surface area contributed by atoms with E-state index in [4.69, 9.17) is 5.73 Å². The number of anilines is 1. The molecule has 2 unspecified atom stereocenters. The SMILES string of the molecule is CN=C(C(=O)NC1C(=O)NC1CN)c1bsc(NS)n1. The van der Waals surface area contributed by atoms with Crippen LogP contribution in [-0.4, -0.2) is 54.4 Å². The van der Waals surface area contributed by atoms with E-state index in [2.05, 4.69) is 38.1 Å². The summed E-state index contributed by atoms with van der Waals surface area (Å²) in [6, 6.07) is -0.861. The van der Waals surface area contributed by atoms with E-state index in [1.54, 1.807) is 6.17 Å². The zero-order valence-corrected chi connectivity index (χ0v) is 12.3. The molecule has 1 fully saturated rings. The van der Waals surface area contributed by atoms with Gasteiger partial charge in [0.25, 0.3) is 0 Å². The van der Waals surface area contributed by atoms with E-state index in [0.29, 0.717) is 10.7 Å². The van der Waals surface area contributed by atoms with Gasteiger partial charge in [0.15, 0.2) is 0 Å². The Morgan fingerprint density at radius 2 is 2.45 bits per heavy atom. The van der Waals surface area contributed by atoms with Crippen LogP contribution in [-0.2, 0) is 9.59 Å². The zero-order chi connectivity index (χ0) is 14.7. The van der Waals surface area contributed by atoms with Gasteiger partial charge in [-0.05, 0) is 0 Å².